The van der Waals surface area contributed by atoms with E-state index in [0.717, 1.165) is 0 Å². The zero-order valence-electron chi connectivity index (χ0n) is 19.2. The summed E-state index contributed by atoms with van der Waals surface area (Å²) in [6.45, 7) is 12.1. The molecule has 0 radical (unpaired) electrons. The Morgan fingerprint density at radius 3 is 2.17 bits per heavy atom. The third kappa shape index (κ3) is 6.00. The number of nitrogens with one attached hydrogen (secondary N) is 1. The summed E-state index contributed by atoms with van der Waals surface area (Å²) in [6, 6.07) is 0. The lowest BCUT2D eigenvalue weighted by Gasteiger charge is -2.41. The summed E-state index contributed by atoms with van der Waals surface area (Å²) in [5, 5.41) is 41.4. The fraction of sp³-hybridized carbons (Fsp3) is 0.909. The van der Waals surface area contributed by atoms with Crippen LogP contribution in [0.4, 0.5) is 0 Å². The maximum Gasteiger partial charge on any atom is 0.311 e. The molecule has 0 amide bonds. The lowest BCUT2D eigenvalue weighted by Crippen LogP contribution is -2.56. The van der Waals surface area contributed by atoms with Gasteiger partial charge < -0.3 is 30.2 Å². The van der Waals surface area contributed by atoms with Crippen LogP contribution >= 0.6 is 0 Å². The SMILES string of the molecule is CC[C@H]1OC(=O)[C@H](C)[C@@H](OC)[C@H](C)C[C@](C)(O)C[C@@H](C)C(=N)C(C)[C@@H](O)[C@]1(C)O. The lowest BCUT2D eigenvalue weighted by molar-refractivity contribution is -0.190. The molecule has 1 unspecified atom stereocenters. The third-order valence-electron chi connectivity index (χ3n) is 6.58. The molecule has 1 aliphatic heterocycles. The van der Waals surface area contributed by atoms with Gasteiger partial charge in [-0.3, -0.25) is 4.79 Å². The Balaban J connectivity index is 3.38. The molecule has 0 aromatic carbocycles. The molecule has 0 spiro atoms. The number of aliphatic hydroxyl groups excluding tert-OH is 1. The van der Waals surface area contributed by atoms with Crippen molar-refractivity contribution in [3.8, 4) is 0 Å². The molecule has 9 atom stereocenters. The van der Waals surface area contributed by atoms with E-state index in [1.807, 2.05) is 13.8 Å². The van der Waals surface area contributed by atoms with Gasteiger partial charge >= 0.3 is 5.97 Å². The first kappa shape index (κ1) is 26.0. The predicted octanol–water partition coefficient (Wildman–Crippen LogP) is 2.54. The summed E-state index contributed by atoms with van der Waals surface area (Å²) in [5.74, 6) is -2.21. The van der Waals surface area contributed by atoms with E-state index in [2.05, 4.69) is 0 Å². The summed E-state index contributed by atoms with van der Waals surface area (Å²) in [7, 11) is 1.53. The molecular weight excluding hydrogens is 374 g/mol. The molecule has 0 aromatic rings. The van der Waals surface area contributed by atoms with Gasteiger partial charge in [-0.05, 0) is 51.9 Å². The molecule has 7 nitrogen and oxygen atoms in total. The van der Waals surface area contributed by atoms with Crippen molar-refractivity contribution >= 4 is 11.7 Å². The quantitative estimate of drug-likeness (QED) is 0.515. The summed E-state index contributed by atoms with van der Waals surface area (Å²) in [4.78, 5) is 12.8. The van der Waals surface area contributed by atoms with Crippen molar-refractivity contribution in [3.05, 3.63) is 0 Å². The summed E-state index contributed by atoms with van der Waals surface area (Å²) >= 11 is 0. The van der Waals surface area contributed by atoms with Crippen LogP contribution in [0.25, 0.3) is 0 Å². The summed E-state index contributed by atoms with van der Waals surface area (Å²) in [5.41, 5.74) is -2.55. The highest BCUT2D eigenvalue weighted by atomic mass is 16.6. The van der Waals surface area contributed by atoms with E-state index in [1.54, 1.807) is 27.7 Å². The van der Waals surface area contributed by atoms with Crippen molar-refractivity contribution in [2.45, 2.75) is 97.2 Å². The largest absolute Gasteiger partial charge is 0.459 e. The first-order valence-corrected chi connectivity index (χ1v) is 10.6. The van der Waals surface area contributed by atoms with Crippen molar-refractivity contribution in [1.29, 1.82) is 5.41 Å². The number of methoxy groups -OCH3 is 1. The Kier molecular flexibility index (Phi) is 8.84. The third-order valence-corrected chi connectivity index (χ3v) is 6.58. The van der Waals surface area contributed by atoms with E-state index < -0.39 is 47.3 Å². The highest BCUT2D eigenvalue weighted by Crippen LogP contribution is 2.34. The zero-order chi connectivity index (χ0) is 22.7. The molecule has 1 heterocycles. The van der Waals surface area contributed by atoms with Crippen LogP contribution < -0.4 is 0 Å². The number of esters is 1. The molecule has 0 bridgehead atoms. The van der Waals surface area contributed by atoms with Gasteiger partial charge in [0.2, 0.25) is 0 Å². The number of ether oxygens (including phenoxy) is 2. The van der Waals surface area contributed by atoms with Gasteiger partial charge in [0.05, 0.1) is 23.7 Å². The van der Waals surface area contributed by atoms with Gasteiger partial charge in [0.25, 0.3) is 0 Å². The minimum absolute atomic E-state index is 0.134. The molecular formula is C22H41NO6. The molecule has 1 saturated heterocycles. The molecule has 1 aliphatic rings. The van der Waals surface area contributed by atoms with Crippen LogP contribution in [-0.4, -0.2) is 63.6 Å². The molecule has 1 rings (SSSR count). The van der Waals surface area contributed by atoms with Crippen LogP contribution in [0.15, 0.2) is 0 Å². The molecule has 7 heteroatoms. The number of rotatable bonds is 2. The van der Waals surface area contributed by atoms with Crippen LogP contribution in [0.1, 0.15) is 67.7 Å². The molecule has 4 N–H and O–H groups in total. The average molecular weight is 416 g/mol. The fourth-order valence-electron chi connectivity index (χ4n) is 4.90. The first-order chi connectivity index (χ1) is 13.2. The highest BCUT2D eigenvalue weighted by molar-refractivity contribution is 5.86. The van der Waals surface area contributed by atoms with Crippen molar-refractivity contribution < 1.29 is 29.6 Å². The molecule has 0 saturated carbocycles. The minimum Gasteiger partial charge on any atom is -0.459 e. The van der Waals surface area contributed by atoms with Crippen molar-refractivity contribution in [2.75, 3.05) is 7.11 Å². The Bertz CT molecular complexity index is 576. The Hall–Kier alpha value is -1.02. The second kappa shape index (κ2) is 9.86. The van der Waals surface area contributed by atoms with Gasteiger partial charge in [-0.1, -0.05) is 27.7 Å². The van der Waals surface area contributed by atoms with Crippen molar-refractivity contribution in [2.24, 2.45) is 23.7 Å². The van der Waals surface area contributed by atoms with Crippen LogP contribution in [0, 0.1) is 29.1 Å². The van der Waals surface area contributed by atoms with E-state index in [4.69, 9.17) is 14.9 Å². The van der Waals surface area contributed by atoms with E-state index in [0.29, 0.717) is 19.3 Å². The van der Waals surface area contributed by atoms with Crippen molar-refractivity contribution in [1.82, 2.24) is 0 Å². The second-order valence-corrected chi connectivity index (χ2v) is 9.52. The minimum atomic E-state index is -1.73. The lowest BCUT2D eigenvalue weighted by atomic mass is 9.75. The van der Waals surface area contributed by atoms with Crippen LogP contribution in [0.5, 0.6) is 0 Å². The van der Waals surface area contributed by atoms with E-state index in [-0.39, 0.29) is 17.5 Å². The highest BCUT2D eigenvalue weighted by Gasteiger charge is 2.46. The number of hydrogen-bond acceptors (Lipinski definition) is 7. The molecule has 29 heavy (non-hydrogen) atoms. The Morgan fingerprint density at radius 1 is 1.14 bits per heavy atom. The molecule has 0 aliphatic carbocycles. The number of aliphatic hydroxyl groups is 3. The number of carbonyl (C=O) groups is 1. The number of cyclic esters (lactones) is 1. The normalized spacial score (nSPS) is 46.1. The van der Waals surface area contributed by atoms with Gasteiger partial charge in [0.1, 0.15) is 11.7 Å². The maximum atomic E-state index is 12.8. The smallest absolute Gasteiger partial charge is 0.311 e. The standard InChI is InChI=1S/C22H41NO6/c1-9-16-22(7,27)19(24)14(4)17(23)12(2)10-21(6,26)11-13(3)18(28-8)15(5)20(25)29-16/h12-16,18-19,23-24,26-27H,9-11H2,1-8H3/t12-,13-,14?,15-,16-,18+,19-,21-,22-/m1/s1. The first-order valence-electron chi connectivity index (χ1n) is 10.6. The van der Waals surface area contributed by atoms with Gasteiger partial charge in [0, 0.05) is 18.7 Å². The van der Waals surface area contributed by atoms with Gasteiger partial charge in [-0.15, -0.1) is 0 Å². The average Bonchev–Trinajstić information content (AvgIpc) is 2.62. The van der Waals surface area contributed by atoms with Crippen LogP contribution in [0.2, 0.25) is 0 Å². The topological polar surface area (TPSA) is 120 Å². The van der Waals surface area contributed by atoms with E-state index in [1.165, 1.54) is 14.0 Å². The monoisotopic (exact) mass is 415 g/mol. The van der Waals surface area contributed by atoms with E-state index in [9.17, 15) is 20.1 Å². The number of carbonyl (C=O) groups excluding carboxylic acids is 1. The fourth-order valence-corrected chi connectivity index (χ4v) is 4.90. The van der Waals surface area contributed by atoms with E-state index >= 15 is 0 Å². The summed E-state index contributed by atoms with van der Waals surface area (Å²) in [6.07, 6.45) is -1.64. The predicted molar refractivity (Wildman–Crippen MR) is 112 cm³/mol. The van der Waals surface area contributed by atoms with Crippen LogP contribution in [0.3, 0.4) is 0 Å². The maximum absolute atomic E-state index is 12.8. The molecule has 0 aromatic heterocycles. The van der Waals surface area contributed by atoms with Gasteiger partial charge in [-0.2, -0.15) is 0 Å². The molecule has 1 fully saturated rings. The van der Waals surface area contributed by atoms with Crippen molar-refractivity contribution in [3.63, 3.8) is 0 Å². The number of hydrogen-bond donors (Lipinski definition) is 4. The Labute approximate surface area is 175 Å². The van der Waals surface area contributed by atoms with Gasteiger partial charge in [0.15, 0.2) is 0 Å². The Morgan fingerprint density at radius 2 is 1.69 bits per heavy atom. The van der Waals surface area contributed by atoms with Crippen LogP contribution in [-0.2, 0) is 14.3 Å². The second-order valence-electron chi connectivity index (χ2n) is 9.52. The molecule has 170 valence electrons. The summed E-state index contributed by atoms with van der Waals surface area (Å²) < 4.78 is 11.2. The zero-order valence-corrected chi connectivity index (χ0v) is 19.2. The van der Waals surface area contributed by atoms with Gasteiger partial charge in [-0.25, -0.2) is 0 Å².